The fourth-order valence-corrected chi connectivity index (χ4v) is 3.20. The van der Waals surface area contributed by atoms with Gasteiger partial charge in [0.25, 0.3) is 0 Å². The van der Waals surface area contributed by atoms with E-state index in [9.17, 15) is 4.79 Å². The van der Waals surface area contributed by atoms with Crippen molar-refractivity contribution in [3.8, 4) is 23.0 Å². The van der Waals surface area contributed by atoms with Gasteiger partial charge in [0.2, 0.25) is 5.76 Å². The Labute approximate surface area is 200 Å². The van der Waals surface area contributed by atoms with Crippen LogP contribution in [0.25, 0.3) is 0 Å². The summed E-state index contributed by atoms with van der Waals surface area (Å²) in [6.07, 6.45) is 1.71. The Morgan fingerprint density at radius 2 is 1.82 bits per heavy atom. The maximum atomic E-state index is 10.9. The minimum Gasteiger partial charge on any atom is -0.493 e. The van der Waals surface area contributed by atoms with E-state index < -0.39 is 5.97 Å². The number of hydrogen-bond acceptors (Lipinski definition) is 6. The summed E-state index contributed by atoms with van der Waals surface area (Å²) in [7, 11) is 1.54. The van der Waals surface area contributed by atoms with Gasteiger partial charge in [0.15, 0.2) is 11.5 Å². The van der Waals surface area contributed by atoms with Crippen molar-refractivity contribution in [2.45, 2.75) is 6.61 Å². The number of nitrogens with zero attached hydrogens (tertiary/aromatic N) is 1. The summed E-state index contributed by atoms with van der Waals surface area (Å²) in [6.45, 7) is 0.0701. The number of rotatable bonds is 9. The zero-order chi connectivity index (χ0) is 23.9. The first-order valence-corrected chi connectivity index (χ1v) is 10.6. The molecule has 7 nitrogen and oxygen atoms in total. The number of aromatic carboxylic acids is 1. The predicted octanol–water partition coefficient (Wildman–Crippen LogP) is 6.76. The van der Waals surface area contributed by atoms with Crippen LogP contribution in [0.4, 0.5) is 5.69 Å². The van der Waals surface area contributed by atoms with Crippen LogP contribution < -0.4 is 14.2 Å². The topological polar surface area (TPSA) is 90.5 Å². The van der Waals surface area contributed by atoms with E-state index in [-0.39, 0.29) is 12.4 Å². The first-order valence-electron chi connectivity index (χ1n) is 10.2. The molecule has 1 heterocycles. The molecular formula is C26H20ClNO6. The average molecular weight is 478 g/mol. The lowest BCUT2D eigenvalue weighted by atomic mass is 10.2. The van der Waals surface area contributed by atoms with Gasteiger partial charge < -0.3 is 23.7 Å². The van der Waals surface area contributed by atoms with Crippen molar-refractivity contribution in [1.82, 2.24) is 0 Å². The van der Waals surface area contributed by atoms with Crippen LogP contribution in [0.3, 0.4) is 0 Å². The second-order valence-electron chi connectivity index (χ2n) is 7.08. The van der Waals surface area contributed by atoms with Gasteiger partial charge in [-0.25, -0.2) is 4.79 Å². The summed E-state index contributed by atoms with van der Waals surface area (Å²) < 4.78 is 22.1. The number of carboxylic acids is 1. The van der Waals surface area contributed by atoms with E-state index in [1.54, 1.807) is 36.5 Å². The predicted molar refractivity (Wildman–Crippen MR) is 128 cm³/mol. The highest BCUT2D eigenvalue weighted by Crippen LogP contribution is 2.29. The fraction of sp³-hybridized carbons (Fsp3) is 0.0769. The summed E-state index contributed by atoms with van der Waals surface area (Å²) in [4.78, 5) is 15.4. The maximum absolute atomic E-state index is 10.9. The monoisotopic (exact) mass is 477 g/mol. The standard InChI is InChI=1S/C26H20ClNO6/c1-31-25-13-17(5-11-23(25)32-16-22-10-12-24(34-22)26(29)30)15-28-19-6-8-20(9-7-19)33-21-4-2-3-18(27)14-21/h2-15H,16H2,1H3,(H,29,30). The van der Waals surface area contributed by atoms with E-state index in [4.69, 9.17) is 35.3 Å². The molecule has 0 unspecified atom stereocenters. The summed E-state index contributed by atoms with van der Waals surface area (Å²) in [5.41, 5.74) is 1.57. The first kappa shape index (κ1) is 22.9. The van der Waals surface area contributed by atoms with Crippen LogP contribution in [-0.2, 0) is 6.61 Å². The number of hydrogen-bond donors (Lipinski definition) is 1. The van der Waals surface area contributed by atoms with Crippen molar-refractivity contribution in [2.75, 3.05) is 7.11 Å². The average Bonchev–Trinajstić information content (AvgIpc) is 3.32. The van der Waals surface area contributed by atoms with E-state index in [0.29, 0.717) is 33.8 Å². The summed E-state index contributed by atoms with van der Waals surface area (Å²) in [6, 6.07) is 22.9. The van der Waals surface area contributed by atoms with Crippen LogP contribution in [0.2, 0.25) is 5.02 Å². The van der Waals surface area contributed by atoms with Crippen molar-refractivity contribution in [3.05, 3.63) is 101 Å². The molecule has 0 spiro atoms. The number of halogens is 1. The van der Waals surface area contributed by atoms with Crippen LogP contribution >= 0.6 is 11.6 Å². The van der Waals surface area contributed by atoms with Crippen LogP contribution in [0.5, 0.6) is 23.0 Å². The normalized spacial score (nSPS) is 10.9. The molecule has 0 fully saturated rings. The molecule has 172 valence electrons. The van der Waals surface area contributed by atoms with Crippen molar-refractivity contribution >= 4 is 29.5 Å². The molecule has 34 heavy (non-hydrogen) atoms. The zero-order valence-corrected chi connectivity index (χ0v) is 18.9. The molecular weight excluding hydrogens is 458 g/mol. The Morgan fingerprint density at radius 1 is 1.00 bits per heavy atom. The number of carboxylic acid groups (broad SMARTS) is 1. The van der Waals surface area contributed by atoms with Gasteiger partial charge in [0.05, 0.1) is 12.8 Å². The van der Waals surface area contributed by atoms with Gasteiger partial charge >= 0.3 is 5.97 Å². The van der Waals surface area contributed by atoms with Crippen LogP contribution in [-0.4, -0.2) is 24.4 Å². The Kier molecular flexibility index (Phi) is 7.15. The van der Waals surface area contributed by atoms with Gasteiger partial charge in [-0.15, -0.1) is 0 Å². The van der Waals surface area contributed by atoms with E-state index in [1.807, 2.05) is 42.5 Å². The van der Waals surface area contributed by atoms with Gasteiger partial charge in [-0.3, -0.25) is 4.99 Å². The molecule has 4 aromatic rings. The highest BCUT2D eigenvalue weighted by atomic mass is 35.5. The second-order valence-corrected chi connectivity index (χ2v) is 7.52. The minimum atomic E-state index is -1.13. The number of benzene rings is 3. The third-order valence-electron chi connectivity index (χ3n) is 4.66. The smallest absolute Gasteiger partial charge is 0.371 e. The van der Waals surface area contributed by atoms with Crippen molar-refractivity contribution in [2.24, 2.45) is 4.99 Å². The lowest BCUT2D eigenvalue weighted by Gasteiger charge is -2.10. The molecule has 3 aromatic carbocycles. The lowest BCUT2D eigenvalue weighted by molar-refractivity contribution is 0.0658. The van der Waals surface area contributed by atoms with E-state index in [0.717, 1.165) is 11.3 Å². The van der Waals surface area contributed by atoms with Gasteiger partial charge in [-0.1, -0.05) is 17.7 Å². The molecule has 0 saturated carbocycles. The SMILES string of the molecule is COc1cc(C=Nc2ccc(Oc3cccc(Cl)c3)cc2)ccc1OCc1ccc(C(=O)O)o1. The van der Waals surface area contributed by atoms with E-state index in [2.05, 4.69) is 4.99 Å². The summed E-state index contributed by atoms with van der Waals surface area (Å²) >= 11 is 5.98. The summed E-state index contributed by atoms with van der Waals surface area (Å²) in [5, 5.41) is 9.54. The maximum Gasteiger partial charge on any atom is 0.371 e. The molecule has 1 N–H and O–H groups in total. The third kappa shape index (κ3) is 5.96. The zero-order valence-electron chi connectivity index (χ0n) is 18.1. The lowest BCUT2D eigenvalue weighted by Crippen LogP contribution is -1.98. The quantitative estimate of drug-likeness (QED) is 0.268. The Hall–Kier alpha value is -4.23. The van der Waals surface area contributed by atoms with Gasteiger partial charge in [-0.05, 0) is 78.4 Å². The molecule has 0 aliphatic heterocycles. The molecule has 0 saturated heterocycles. The molecule has 8 heteroatoms. The molecule has 0 radical (unpaired) electrons. The minimum absolute atomic E-state index is 0.0701. The Bertz CT molecular complexity index is 1310. The molecule has 0 aliphatic carbocycles. The highest BCUT2D eigenvalue weighted by Gasteiger charge is 2.11. The van der Waals surface area contributed by atoms with Crippen molar-refractivity contribution < 1.29 is 28.5 Å². The van der Waals surface area contributed by atoms with Crippen LogP contribution in [0.15, 0.2) is 88.3 Å². The Balaban J connectivity index is 1.39. The third-order valence-corrected chi connectivity index (χ3v) is 4.90. The van der Waals surface area contributed by atoms with Gasteiger partial charge in [0.1, 0.15) is 23.9 Å². The molecule has 0 aliphatic rings. The Morgan fingerprint density at radius 3 is 2.53 bits per heavy atom. The molecule has 1 aromatic heterocycles. The van der Waals surface area contributed by atoms with Crippen LogP contribution in [0, 0.1) is 0 Å². The van der Waals surface area contributed by atoms with Crippen LogP contribution in [0.1, 0.15) is 21.9 Å². The van der Waals surface area contributed by atoms with Gasteiger partial charge in [-0.2, -0.15) is 0 Å². The molecule has 0 amide bonds. The number of ether oxygens (including phenoxy) is 3. The fourth-order valence-electron chi connectivity index (χ4n) is 3.02. The first-order chi connectivity index (χ1) is 16.5. The molecule has 4 rings (SSSR count). The highest BCUT2D eigenvalue weighted by molar-refractivity contribution is 6.30. The largest absolute Gasteiger partial charge is 0.493 e. The number of furan rings is 1. The number of methoxy groups -OCH3 is 1. The number of carbonyl (C=O) groups is 1. The van der Waals surface area contributed by atoms with Gasteiger partial charge in [0, 0.05) is 11.2 Å². The number of aliphatic imine (C=N–C) groups is 1. The molecule has 0 atom stereocenters. The second kappa shape index (κ2) is 10.6. The molecule has 0 bridgehead atoms. The van der Waals surface area contributed by atoms with E-state index in [1.165, 1.54) is 13.2 Å². The van der Waals surface area contributed by atoms with Crippen molar-refractivity contribution in [3.63, 3.8) is 0 Å². The van der Waals surface area contributed by atoms with E-state index >= 15 is 0 Å². The van der Waals surface area contributed by atoms with Crippen molar-refractivity contribution in [1.29, 1.82) is 0 Å². The summed E-state index contributed by atoms with van der Waals surface area (Å²) in [5.74, 6) is 1.48.